The Morgan fingerprint density at radius 1 is 1.05 bits per heavy atom. The van der Waals surface area contributed by atoms with Gasteiger partial charge in [-0.25, -0.2) is 5.43 Å². The fourth-order valence-corrected chi connectivity index (χ4v) is 3.54. The highest BCUT2D eigenvalue weighted by Crippen LogP contribution is 2.28. The van der Waals surface area contributed by atoms with Crippen LogP contribution in [0.3, 0.4) is 0 Å². The van der Waals surface area contributed by atoms with E-state index in [1.165, 1.54) is 13.3 Å². The number of ether oxygens (including phenoxy) is 2. The number of anilines is 1. The van der Waals surface area contributed by atoms with Gasteiger partial charge in [0.1, 0.15) is 6.54 Å². The number of carbonyl (C=O) groups is 2. The zero-order valence-corrected chi connectivity index (χ0v) is 20.6. The second-order valence-corrected chi connectivity index (χ2v) is 8.21. The number of hydrazone groups is 1. The number of aromatic nitrogens is 2. The van der Waals surface area contributed by atoms with E-state index in [0.717, 1.165) is 39.3 Å². The Bertz CT molecular complexity index is 1290. The average Bonchev–Trinajstić information content (AvgIpc) is 3.29. The standard InChI is InChI=1S/C25H26F3N5O4/c1-15-9-16(2)24(17(3)10-15)30-23(35)14-37-19-6-5-18(11-20(19)36-4)12-29-31-22(34)13-33-8-7-21(32-33)25(26,27)28/h5-12H,13-14H2,1-4H3,(H,30,35)(H,31,34)/b29-12-. The average molecular weight is 518 g/mol. The van der Waals surface area contributed by atoms with Gasteiger partial charge in [-0.1, -0.05) is 17.7 Å². The highest BCUT2D eigenvalue weighted by atomic mass is 19.4. The number of hydrogen-bond donors (Lipinski definition) is 2. The monoisotopic (exact) mass is 517 g/mol. The van der Waals surface area contributed by atoms with E-state index in [9.17, 15) is 22.8 Å². The first-order valence-electron chi connectivity index (χ1n) is 11.1. The molecule has 9 nitrogen and oxygen atoms in total. The maximum absolute atomic E-state index is 12.6. The van der Waals surface area contributed by atoms with Crippen molar-refractivity contribution in [3.63, 3.8) is 0 Å². The topological polar surface area (TPSA) is 107 Å². The zero-order valence-electron chi connectivity index (χ0n) is 20.6. The number of halogens is 3. The Morgan fingerprint density at radius 2 is 1.76 bits per heavy atom. The largest absolute Gasteiger partial charge is 0.493 e. The van der Waals surface area contributed by atoms with E-state index in [4.69, 9.17) is 9.47 Å². The van der Waals surface area contributed by atoms with E-state index in [0.29, 0.717) is 17.1 Å². The molecule has 0 bridgehead atoms. The lowest BCUT2D eigenvalue weighted by molar-refractivity contribution is -0.141. The second-order valence-electron chi connectivity index (χ2n) is 8.21. The van der Waals surface area contributed by atoms with Crippen LogP contribution in [-0.2, 0) is 22.3 Å². The van der Waals surface area contributed by atoms with Crippen LogP contribution in [0.5, 0.6) is 11.5 Å². The highest BCUT2D eigenvalue weighted by Gasteiger charge is 2.33. The van der Waals surface area contributed by atoms with Crippen molar-refractivity contribution < 1.29 is 32.2 Å². The summed E-state index contributed by atoms with van der Waals surface area (Å²) in [4.78, 5) is 24.4. The number of amides is 2. The molecule has 0 aliphatic rings. The molecule has 2 N–H and O–H groups in total. The SMILES string of the molecule is COc1cc(/C=N\NC(=O)Cn2ccc(C(F)(F)F)n2)ccc1OCC(=O)Nc1c(C)cc(C)cc1C. The molecular formula is C25H26F3N5O4. The van der Waals surface area contributed by atoms with E-state index < -0.39 is 24.3 Å². The van der Waals surface area contributed by atoms with Crippen LogP contribution >= 0.6 is 0 Å². The van der Waals surface area contributed by atoms with E-state index >= 15 is 0 Å². The molecule has 0 unspecified atom stereocenters. The second kappa shape index (κ2) is 11.6. The number of alkyl halides is 3. The number of hydrogen-bond acceptors (Lipinski definition) is 6. The summed E-state index contributed by atoms with van der Waals surface area (Å²) in [6.07, 6.45) is -2.21. The van der Waals surface area contributed by atoms with Crippen molar-refractivity contribution in [3.05, 3.63) is 70.5 Å². The summed E-state index contributed by atoms with van der Waals surface area (Å²) in [7, 11) is 1.43. The molecule has 37 heavy (non-hydrogen) atoms. The van der Waals surface area contributed by atoms with E-state index in [-0.39, 0.29) is 12.5 Å². The van der Waals surface area contributed by atoms with E-state index in [2.05, 4.69) is 20.9 Å². The molecule has 12 heteroatoms. The molecular weight excluding hydrogens is 491 g/mol. The molecule has 0 spiro atoms. The lowest BCUT2D eigenvalue weighted by atomic mass is 10.1. The van der Waals surface area contributed by atoms with Gasteiger partial charge >= 0.3 is 6.18 Å². The van der Waals surface area contributed by atoms with Crippen LogP contribution in [0.25, 0.3) is 0 Å². The van der Waals surface area contributed by atoms with Gasteiger partial charge in [0.15, 0.2) is 23.8 Å². The first-order chi connectivity index (χ1) is 17.5. The minimum atomic E-state index is -4.59. The smallest absolute Gasteiger partial charge is 0.435 e. The van der Waals surface area contributed by atoms with Crippen LogP contribution in [0, 0.1) is 20.8 Å². The molecule has 0 radical (unpaired) electrons. The summed E-state index contributed by atoms with van der Waals surface area (Å²) in [5.74, 6) is -0.326. The van der Waals surface area contributed by atoms with Crippen molar-refractivity contribution in [1.82, 2.24) is 15.2 Å². The Balaban J connectivity index is 1.54. The van der Waals surface area contributed by atoms with Crippen molar-refractivity contribution in [2.45, 2.75) is 33.5 Å². The van der Waals surface area contributed by atoms with E-state index in [1.807, 2.05) is 32.9 Å². The molecule has 0 aliphatic heterocycles. The summed E-state index contributed by atoms with van der Waals surface area (Å²) < 4.78 is 49.6. The molecule has 2 aromatic carbocycles. The van der Waals surface area contributed by atoms with Crippen LogP contribution in [0.2, 0.25) is 0 Å². The van der Waals surface area contributed by atoms with Crippen molar-refractivity contribution >= 4 is 23.7 Å². The fraction of sp³-hybridized carbons (Fsp3) is 0.280. The number of rotatable bonds is 9. The van der Waals surface area contributed by atoms with Gasteiger partial charge in [0.05, 0.1) is 13.3 Å². The van der Waals surface area contributed by atoms with Crippen molar-refractivity contribution in [2.75, 3.05) is 19.0 Å². The van der Waals surface area contributed by atoms with Gasteiger partial charge in [0.2, 0.25) is 0 Å². The van der Waals surface area contributed by atoms with Gasteiger partial charge in [-0.05, 0) is 61.7 Å². The van der Waals surface area contributed by atoms with Gasteiger partial charge in [0, 0.05) is 11.9 Å². The fourth-order valence-electron chi connectivity index (χ4n) is 3.54. The highest BCUT2D eigenvalue weighted by molar-refractivity contribution is 5.93. The van der Waals surface area contributed by atoms with Crippen molar-refractivity contribution in [2.24, 2.45) is 5.10 Å². The lowest BCUT2D eigenvalue weighted by Gasteiger charge is -2.14. The van der Waals surface area contributed by atoms with Crippen LogP contribution < -0.4 is 20.2 Å². The predicted molar refractivity (Wildman–Crippen MR) is 131 cm³/mol. The van der Waals surface area contributed by atoms with Crippen LogP contribution in [0.15, 0.2) is 47.7 Å². The first-order valence-corrected chi connectivity index (χ1v) is 11.1. The molecule has 0 fully saturated rings. The number of nitrogens with zero attached hydrogens (tertiary/aromatic N) is 3. The maximum Gasteiger partial charge on any atom is 0.435 e. The molecule has 0 saturated carbocycles. The normalized spacial score (nSPS) is 11.4. The molecule has 0 atom stereocenters. The molecule has 0 saturated heterocycles. The minimum Gasteiger partial charge on any atom is -0.493 e. The third-order valence-electron chi connectivity index (χ3n) is 5.13. The first kappa shape index (κ1) is 27.2. The Labute approximate surface area is 211 Å². The zero-order chi connectivity index (χ0) is 27.2. The van der Waals surface area contributed by atoms with Crippen LogP contribution in [0.4, 0.5) is 18.9 Å². The number of nitrogens with one attached hydrogen (secondary N) is 2. The Kier molecular flexibility index (Phi) is 8.53. The molecule has 0 aliphatic carbocycles. The minimum absolute atomic E-state index is 0.240. The molecule has 1 heterocycles. The lowest BCUT2D eigenvalue weighted by Crippen LogP contribution is -2.23. The number of aryl methyl sites for hydroxylation is 3. The summed E-state index contributed by atoms with van der Waals surface area (Å²) >= 11 is 0. The van der Waals surface area contributed by atoms with Gasteiger partial charge in [-0.15, -0.1) is 0 Å². The van der Waals surface area contributed by atoms with Gasteiger partial charge in [0.25, 0.3) is 11.8 Å². The molecule has 3 rings (SSSR count). The van der Waals surface area contributed by atoms with E-state index in [1.54, 1.807) is 18.2 Å². The maximum atomic E-state index is 12.6. The number of carbonyl (C=O) groups excluding carboxylic acids is 2. The summed E-state index contributed by atoms with van der Waals surface area (Å²) in [6, 6.07) is 9.54. The molecule has 2 amide bonds. The molecule has 1 aromatic heterocycles. The summed E-state index contributed by atoms with van der Waals surface area (Å²) in [6.45, 7) is 5.15. The Hall–Kier alpha value is -4.35. The van der Waals surface area contributed by atoms with Gasteiger partial charge in [-0.2, -0.15) is 23.4 Å². The van der Waals surface area contributed by atoms with Gasteiger partial charge in [-0.3, -0.25) is 14.3 Å². The number of methoxy groups -OCH3 is 1. The van der Waals surface area contributed by atoms with Gasteiger partial charge < -0.3 is 14.8 Å². The van der Waals surface area contributed by atoms with Crippen molar-refractivity contribution in [3.8, 4) is 11.5 Å². The number of benzene rings is 2. The third-order valence-corrected chi connectivity index (χ3v) is 5.13. The molecule has 196 valence electrons. The predicted octanol–water partition coefficient (Wildman–Crippen LogP) is 4.00. The third kappa shape index (κ3) is 7.56. The summed E-state index contributed by atoms with van der Waals surface area (Å²) in [5, 5.41) is 9.96. The summed E-state index contributed by atoms with van der Waals surface area (Å²) in [5.41, 5.74) is 5.43. The Morgan fingerprint density at radius 3 is 2.38 bits per heavy atom. The van der Waals surface area contributed by atoms with Crippen LogP contribution in [0.1, 0.15) is 27.9 Å². The quantitative estimate of drug-likeness (QED) is 0.330. The van der Waals surface area contributed by atoms with Crippen LogP contribution in [-0.4, -0.2) is 41.5 Å². The van der Waals surface area contributed by atoms with Crippen molar-refractivity contribution in [1.29, 1.82) is 0 Å². The molecule has 3 aromatic rings.